The summed E-state index contributed by atoms with van der Waals surface area (Å²) >= 11 is 0. The maximum Gasteiger partial charge on any atom is 0.306 e. The zero-order valence-electron chi connectivity index (χ0n) is 53.2. The lowest BCUT2D eigenvalue weighted by molar-refractivity contribution is -0.167. The molecule has 0 fully saturated rings. The van der Waals surface area contributed by atoms with Gasteiger partial charge in [0.25, 0.3) is 0 Å². The molecule has 0 N–H and O–H groups in total. The molecule has 0 saturated heterocycles. The van der Waals surface area contributed by atoms with E-state index in [0.29, 0.717) is 19.3 Å². The van der Waals surface area contributed by atoms with Gasteiger partial charge >= 0.3 is 17.9 Å². The van der Waals surface area contributed by atoms with E-state index in [9.17, 15) is 14.4 Å². The van der Waals surface area contributed by atoms with Gasteiger partial charge in [0.1, 0.15) is 13.2 Å². The summed E-state index contributed by atoms with van der Waals surface area (Å²) < 4.78 is 17.0. The van der Waals surface area contributed by atoms with E-state index in [0.717, 1.165) is 77.0 Å². The third-order valence-electron chi connectivity index (χ3n) is 15.8. The third kappa shape index (κ3) is 66.1. The first-order valence-corrected chi connectivity index (χ1v) is 35.1. The standard InChI is InChI=1S/C73H134O6/c1-4-7-10-13-16-19-22-25-28-31-34-35-36-37-40-42-45-48-51-54-57-60-63-66-72(75)78-69-70(79-73(76)67-64-61-58-55-52-49-46-43-39-33-30-27-24-21-18-15-12-9-6-3)68-77-71(74)65-62-59-56-53-50-47-44-41-38-32-29-26-23-20-17-14-11-8-5-2/h18,21,26-27,29-30,39,43,70H,4-17,19-20,22-25,28,31-38,40-42,44-69H2,1-3H3/b21-18-,29-26-,30-27-,43-39-. The molecular weight excluding hydrogens is 973 g/mol. The van der Waals surface area contributed by atoms with Crippen molar-refractivity contribution in [3.63, 3.8) is 0 Å². The van der Waals surface area contributed by atoms with E-state index in [4.69, 9.17) is 14.2 Å². The van der Waals surface area contributed by atoms with Gasteiger partial charge < -0.3 is 14.2 Å². The second-order valence-corrected chi connectivity index (χ2v) is 23.8. The first-order valence-electron chi connectivity index (χ1n) is 35.1. The number of rotatable bonds is 65. The van der Waals surface area contributed by atoms with E-state index in [1.165, 1.54) is 263 Å². The molecule has 0 bridgehead atoms. The summed E-state index contributed by atoms with van der Waals surface area (Å²) in [4.78, 5) is 38.5. The average Bonchev–Trinajstić information content (AvgIpc) is 3.45. The van der Waals surface area contributed by atoms with Crippen LogP contribution in [0.2, 0.25) is 0 Å². The number of unbranched alkanes of at least 4 members (excludes halogenated alkanes) is 46. The van der Waals surface area contributed by atoms with Crippen molar-refractivity contribution >= 4 is 17.9 Å². The topological polar surface area (TPSA) is 78.9 Å². The van der Waals surface area contributed by atoms with Gasteiger partial charge in [0.2, 0.25) is 0 Å². The Balaban J connectivity index is 4.33. The van der Waals surface area contributed by atoms with Crippen molar-refractivity contribution in [2.75, 3.05) is 13.2 Å². The quantitative estimate of drug-likeness (QED) is 0.0261. The van der Waals surface area contributed by atoms with Crippen molar-refractivity contribution < 1.29 is 28.6 Å². The second kappa shape index (κ2) is 67.9. The summed E-state index contributed by atoms with van der Waals surface area (Å²) in [6.07, 6.45) is 85.6. The van der Waals surface area contributed by atoms with Crippen molar-refractivity contribution in [3.8, 4) is 0 Å². The van der Waals surface area contributed by atoms with Crippen LogP contribution in [0, 0.1) is 0 Å². The number of carbonyl (C=O) groups excluding carboxylic acids is 3. The molecule has 1 atom stereocenters. The Morgan fingerprint density at radius 2 is 0.456 bits per heavy atom. The Bertz CT molecular complexity index is 1360. The van der Waals surface area contributed by atoms with Crippen LogP contribution in [-0.4, -0.2) is 37.2 Å². The predicted octanol–water partition coefficient (Wildman–Crippen LogP) is 24.1. The molecule has 0 spiro atoms. The van der Waals surface area contributed by atoms with E-state index in [-0.39, 0.29) is 31.1 Å². The molecule has 0 radical (unpaired) electrons. The summed E-state index contributed by atoms with van der Waals surface area (Å²) in [5.41, 5.74) is 0. The molecule has 0 amide bonds. The Morgan fingerprint density at radius 1 is 0.253 bits per heavy atom. The van der Waals surface area contributed by atoms with E-state index >= 15 is 0 Å². The fourth-order valence-corrected chi connectivity index (χ4v) is 10.5. The van der Waals surface area contributed by atoms with Crippen LogP contribution in [0.15, 0.2) is 48.6 Å². The summed E-state index contributed by atoms with van der Waals surface area (Å²) in [5, 5.41) is 0. The van der Waals surface area contributed by atoms with Crippen LogP contribution in [0.4, 0.5) is 0 Å². The van der Waals surface area contributed by atoms with Gasteiger partial charge in [0, 0.05) is 19.3 Å². The zero-order chi connectivity index (χ0) is 57.1. The minimum Gasteiger partial charge on any atom is -0.462 e. The molecule has 6 nitrogen and oxygen atoms in total. The summed E-state index contributed by atoms with van der Waals surface area (Å²) in [6, 6.07) is 0. The molecule has 462 valence electrons. The van der Waals surface area contributed by atoms with Gasteiger partial charge in [-0.1, -0.05) is 326 Å². The number of ether oxygens (including phenoxy) is 3. The zero-order valence-corrected chi connectivity index (χ0v) is 53.2. The van der Waals surface area contributed by atoms with Crippen LogP contribution in [0.3, 0.4) is 0 Å². The minimum atomic E-state index is -0.781. The van der Waals surface area contributed by atoms with Gasteiger partial charge in [-0.25, -0.2) is 0 Å². The average molecular weight is 1110 g/mol. The number of carbonyl (C=O) groups is 3. The van der Waals surface area contributed by atoms with Crippen LogP contribution in [0.25, 0.3) is 0 Å². The molecule has 0 aromatic rings. The molecular formula is C73H134O6. The Hall–Kier alpha value is -2.63. The van der Waals surface area contributed by atoms with Gasteiger partial charge in [0.05, 0.1) is 0 Å². The van der Waals surface area contributed by atoms with E-state index in [2.05, 4.69) is 69.4 Å². The Kier molecular flexibility index (Phi) is 65.6. The molecule has 0 aliphatic carbocycles. The summed E-state index contributed by atoms with van der Waals surface area (Å²) in [7, 11) is 0. The molecule has 0 aliphatic rings. The van der Waals surface area contributed by atoms with E-state index < -0.39 is 6.10 Å². The lowest BCUT2D eigenvalue weighted by Crippen LogP contribution is -2.30. The molecule has 0 rings (SSSR count). The van der Waals surface area contributed by atoms with Gasteiger partial charge in [-0.2, -0.15) is 0 Å². The molecule has 6 heteroatoms. The highest BCUT2D eigenvalue weighted by molar-refractivity contribution is 5.71. The maximum absolute atomic E-state index is 12.9. The van der Waals surface area contributed by atoms with Crippen molar-refractivity contribution in [3.05, 3.63) is 48.6 Å². The fraction of sp³-hybridized carbons (Fsp3) is 0.849. The molecule has 79 heavy (non-hydrogen) atoms. The van der Waals surface area contributed by atoms with Crippen molar-refractivity contribution in [2.24, 2.45) is 0 Å². The monoisotopic (exact) mass is 1110 g/mol. The summed E-state index contributed by atoms with van der Waals surface area (Å²) in [6.45, 7) is 6.67. The highest BCUT2D eigenvalue weighted by atomic mass is 16.6. The fourth-order valence-electron chi connectivity index (χ4n) is 10.5. The Morgan fingerprint density at radius 3 is 0.747 bits per heavy atom. The molecule has 0 aromatic carbocycles. The lowest BCUT2D eigenvalue weighted by Gasteiger charge is -2.18. The maximum atomic E-state index is 12.9. The first-order chi connectivity index (χ1) is 39.0. The van der Waals surface area contributed by atoms with Crippen molar-refractivity contribution in [1.29, 1.82) is 0 Å². The van der Waals surface area contributed by atoms with Crippen molar-refractivity contribution in [2.45, 2.75) is 386 Å². The van der Waals surface area contributed by atoms with Crippen LogP contribution >= 0.6 is 0 Å². The normalized spacial score (nSPS) is 12.3. The van der Waals surface area contributed by atoms with Gasteiger partial charge in [-0.05, 0) is 83.5 Å². The van der Waals surface area contributed by atoms with Crippen LogP contribution < -0.4 is 0 Å². The number of hydrogen-bond donors (Lipinski definition) is 0. The number of allylic oxidation sites excluding steroid dienone is 8. The number of hydrogen-bond acceptors (Lipinski definition) is 6. The smallest absolute Gasteiger partial charge is 0.306 e. The van der Waals surface area contributed by atoms with Gasteiger partial charge in [-0.3, -0.25) is 14.4 Å². The highest BCUT2D eigenvalue weighted by Crippen LogP contribution is 2.18. The van der Waals surface area contributed by atoms with E-state index in [1.54, 1.807) is 0 Å². The SMILES string of the molecule is CCCCC/C=C\C/C=C\C/C=C\CCCCCCCCC(=O)OC(COC(=O)CCCCCCCCCCC/C=C\CCCCCCCC)COC(=O)CCCCCCCCCCCCCCCCCCCCCCCCC. The lowest BCUT2D eigenvalue weighted by atomic mass is 10.0. The van der Waals surface area contributed by atoms with Crippen LogP contribution in [-0.2, 0) is 28.6 Å². The van der Waals surface area contributed by atoms with Crippen molar-refractivity contribution in [1.82, 2.24) is 0 Å². The second-order valence-electron chi connectivity index (χ2n) is 23.8. The van der Waals surface area contributed by atoms with Crippen LogP contribution in [0.5, 0.6) is 0 Å². The Labute approximate surface area is 492 Å². The van der Waals surface area contributed by atoms with Gasteiger partial charge in [-0.15, -0.1) is 0 Å². The molecule has 0 heterocycles. The first kappa shape index (κ1) is 76.4. The molecule has 0 saturated carbocycles. The third-order valence-corrected chi connectivity index (χ3v) is 15.8. The van der Waals surface area contributed by atoms with Gasteiger partial charge in [0.15, 0.2) is 6.10 Å². The van der Waals surface area contributed by atoms with Crippen LogP contribution in [0.1, 0.15) is 380 Å². The largest absolute Gasteiger partial charge is 0.462 e. The molecule has 1 unspecified atom stereocenters. The molecule has 0 aliphatic heterocycles. The molecule has 0 aromatic heterocycles. The highest BCUT2D eigenvalue weighted by Gasteiger charge is 2.19. The number of esters is 3. The summed E-state index contributed by atoms with van der Waals surface area (Å²) in [5.74, 6) is -0.863. The predicted molar refractivity (Wildman–Crippen MR) is 344 cm³/mol. The van der Waals surface area contributed by atoms with E-state index in [1.807, 2.05) is 0 Å². The minimum absolute atomic E-state index is 0.0750.